The predicted molar refractivity (Wildman–Crippen MR) is 92.8 cm³/mol. The van der Waals surface area contributed by atoms with Gasteiger partial charge in [-0.05, 0) is 31.6 Å². The van der Waals surface area contributed by atoms with Crippen LogP contribution in [-0.2, 0) is 17.9 Å². The minimum Gasteiger partial charge on any atom is -0.379 e. The molecule has 4 rings (SSSR count). The number of thioether (sulfide) groups is 1. The van der Waals surface area contributed by atoms with Gasteiger partial charge in [-0.2, -0.15) is 0 Å². The van der Waals surface area contributed by atoms with Crippen LogP contribution in [-0.4, -0.2) is 56.5 Å². The average Bonchev–Trinajstić information content (AvgIpc) is 3.08. The molecule has 132 valence electrons. The van der Waals surface area contributed by atoms with Crippen molar-refractivity contribution >= 4 is 17.7 Å². The Morgan fingerprint density at radius 1 is 1.38 bits per heavy atom. The zero-order valence-electron chi connectivity index (χ0n) is 14.0. The van der Waals surface area contributed by atoms with Crippen LogP contribution in [0.4, 0.5) is 0 Å². The van der Waals surface area contributed by atoms with Gasteiger partial charge in [0.05, 0.1) is 5.69 Å². The minimum atomic E-state index is -1.25. The number of aryl methyl sites for hydroxylation is 1. The number of amides is 1. The summed E-state index contributed by atoms with van der Waals surface area (Å²) in [6.45, 7) is 3.54. The van der Waals surface area contributed by atoms with Crippen molar-refractivity contribution in [3.05, 3.63) is 11.9 Å². The topological polar surface area (TPSA) is 70.4 Å². The van der Waals surface area contributed by atoms with E-state index in [2.05, 4.69) is 21.1 Å². The van der Waals surface area contributed by atoms with Crippen LogP contribution in [0.5, 0.6) is 0 Å². The Bertz CT molecular complexity index is 594. The zero-order valence-corrected chi connectivity index (χ0v) is 14.9. The number of carbonyl (C=O) groups excluding carboxylic acids is 1. The Kier molecular flexibility index (Phi) is 4.58. The average molecular weight is 350 g/mol. The number of carbonyl (C=O) groups is 1. The van der Waals surface area contributed by atoms with E-state index in [0.717, 1.165) is 42.7 Å². The quantitative estimate of drug-likeness (QED) is 0.808. The van der Waals surface area contributed by atoms with Gasteiger partial charge in [0.2, 0.25) is 0 Å². The summed E-state index contributed by atoms with van der Waals surface area (Å²) in [5.74, 6) is 1.66. The van der Waals surface area contributed by atoms with Gasteiger partial charge in [0, 0.05) is 44.7 Å². The van der Waals surface area contributed by atoms with Gasteiger partial charge in [-0.25, -0.2) is 4.98 Å². The number of piperidine rings is 1. The number of aliphatic hydroxyl groups is 1. The molecule has 1 saturated heterocycles. The molecule has 1 aromatic heterocycles. The van der Waals surface area contributed by atoms with Gasteiger partial charge in [0.1, 0.15) is 0 Å². The van der Waals surface area contributed by atoms with Crippen LogP contribution in [0.2, 0.25) is 0 Å². The standard InChI is InChI=1S/C17H26N4O2S/c22-15-17(23,5-2-6-20(15)10-13-3-1-4-13)12-18-9-14-11-21-7-8-24-16(21)19-14/h11,13,18,23H,1-10,12H2/t17-/m0/s1. The highest BCUT2D eigenvalue weighted by molar-refractivity contribution is 7.99. The molecule has 3 aliphatic rings. The van der Waals surface area contributed by atoms with Gasteiger partial charge in [-0.15, -0.1) is 0 Å². The molecule has 3 heterocycles. The molecule has 2 N–H and O–H groups in total. The molecular weight excluding hydrogens is 324 g/mol. The molecule has 0 bridgehead atoms. The largest absolute Gasteiger partial charge is 0.379 e. The van der Waals surface area contributed by atoms with Crippen LogP contribution < -0.4 is 5.32 Å². The molecule has 7 heteroatoms. The molecule has 0 unspecified atom stereocenters. The second-order valence-electron chi connectivity index (χ2n) is 7.34. The van der Waals surface area contributed by atoms with E-state index in [4.69, 9.17) is 0 Å². The van der Waals surface area contributed by atoms with Gasteiger partial charge < -0.3 is 19.9 Å². The maximum absolute atomic E-state index is 12.7. The zero-order chi connectivity index (χ0) is 16.6. The molecule has 1 aromatic rings. The number of hydrogen-bond acceptors (Lipinski definition) is 5. The number of rotatable bonds is 6. The molecule has 1 amide bonds. The van der Waals surface area contributed by atoms with Crippen LogP contribution in [0.1, 0.15) is 37.8 Å². The third kappa shape index (κ3) is 3.21. The Morgan fingerprint density at radius 2 is 2.25 bits per heavy atom. The molecule has 24 heavy (non-hydrogen) atoms. The second-order valence-corrected chi connectivity index (χ2v) is 8.41. The Balaban J connectivity index is 1.31. The van der Waals surface area contributed by atoms with E-state index in [0.29, 0.717) is 25.4 Å². The molecule has 0 spiro atoms. The highest BCUT2D eigenvalue weighted by Gasteiger charge is 2.42. The first-order valence-electron chi connectivity index (χ1n) is 9.05. The predicted octanol–water partition coefficient (Wildman–Crippen LogP) is 1.23. The highest BCUT2D eigenvalue weighted by Crippen LogP contribution is 2.30. The van der Waals surface area contributed by atoms with Crippen molar-refractivity contribution in [2.24, 2.45) is 5.92 Å². The lowest BCUT2D eigenvalue weighted by molar-refractivity contribution is -0.157. The highest BCUT2D eigenvalue weighted by atomic mass is 32.2. The lowest BCUT2D eigenvalue weighted by Crippen LogP contribution is -2.58. The number of nitrogens with one attached hydrogen (secondary N) is 1. The van der Waals surface area contributed by atoms with Gasteiger partial charge in [0.15, 0.2) is 10.8 Å². The molecule has 1 aliphatic carbocycles. The summed E-state index contributed by atoms with van der Waals surface area (Å²) in [5.41, 5.74) is -0.269. The summed E-state index contributed by atoms with van der Waals surface area (Å²) in [6.07, 6.45) is 7.23. The fraction of sp³-hybridized carbons (Fsp3) is 0.765. The maximum atomic E-state index is 12.7. The number of likely N-dealkylation sites (tertiary alicyclic amines) is 1. The summed E-state index contributed by atoms with van der Waals surface area (Å²) < 4.78 is 2.17. The Labute approximate surface area is 147 Å². The summed E-state index contributed by atoms with van der Waals surface area (Å²) in [7, 11) is 0. The van der Waals surface area contributed by atoms with Crippen LogP contribution in [0.3, 0.4) is 0 Å². The van der Waals surface area contributed by atoms with E-state index in [-0.39, 0.29) is 5.91 Å². The van der Waals surface area contributed by atoms with E-state index in [1.807, 2.05) is 4.90 Å². The molecule has 2 fully saturated rings. The molecule has 1 atom stereocenters. The van der Waals surface area contributed by atoms with Crippen molar-refractivity contribution in [3.63, 3.8) is 0 Å². The van der Waals surface area contributed by atoms with Crippen molar-refractivity contribution in [2.45, 2.75) is 56.0 Å². The summed E-state index contributed by atoms with van der Waals surface area (Å²) >= 11 is 1.78. The van der Waals surface area contributed by atoms with E-state index in [9.17, 15) is 9.90 Å². The lowest BCUT2D eigenvalue weighted by Gasteiger charge is -2.41. The first-order valence-corrected chi connectivity index (χ1v) is 10.0. The van der Waals surface area contributed by atoms with Crippen LogP contribution in [0, 0.1) is 5.92 Å². The fourth-order valence-electron chi connectivity index (χ4n) is 3.83. The second kappa shape index (κ2) is 6.69. The molecule has 0 aromatic carbocycles. The van der Waals surface area contributed by atoms with Crippen LogP contribution >= 0.6 is 11.8 Å². The minimum absolute atomic E-state index is 0.0870. The SMILES string of the molecule is O=C1N(CC2CCC2)CCC[C@]1(O)CNCc1cn2c(n1)SCC2. The number of fused-ring (bicyclic) bond motifs is 1. The summed E-state index contributed by atoms with van der Waals surface area (Å²) in [6, 6.07) is 0. The van der Waals surface area contributed by atoms with Crippen LogP contribution in [0.15, 0.2) is 11.4 Å². The van der Waals surface area contributed by atoms with Gasteiger partial charge in [-0.3, -0.25) is 4.79 Å². The van der Waals surface area contributed by atoms with E-state index in [1.54, 1.807) is 11.8 Å². The number of nitrogens with zero attached hydrogens (tertiary/aromatic N) is 3. The molecule has 0 radical (unpaired) electrons. The molecule has 6 nitrogen and oxygen atoms in total. The van der Waals surface area contributed by atoms with Crippen molar-refractivity contribution in [1.82, 2.24) is 19.8 Å². The Hall–Kier alpha value is -1.05. The molecule has 2 aliphatic heterocycles. The van der Waals surface area contributed by atoms with Crippen LogP contribution in [0.25, 0.3) is 0 Å². The van der Waals surface area contributed by atoms with E-state index in [1.165, 1.54) is 19.3 Å². The Morgan fingerprint density at radius 3 is 3.00 bits per heavy atom. The monoisotopic (exact) mass is 350 g/mol. The number of hydrogen-bond donors (Lipinski definition) is 2. The maximum Gasteiger partial charge on any atom is 0.255 e. The lowest BCUT2D eigenvalue weighted by atomic mass is 9.83. The third-order valence-electron chi connectivity index (χ3n) is 5.48. The normalized spacial score (nSPS) is 27.4. The number of imidazole rings is 1. The van der Waals surface area contributed by atoms with Crippen molar-refractivity contribution in [2.75, 3.05) is 25.4 Å². The van der Waals surface area contributed by atoms with Crippen molar-refractivity contribution in [1.29, 1.82) is 0 Å². The molecular formula is C17H26N4O2S. The molecule has 1 saturated carbocycles. The van der Waals surface area contributed by atoms with Gasteiger partial charge in [-0.1, -0.05) is 18.2 Å². The summed E-state index contributed by atoms with van der Waals surface area (Å²) in [4.78, 5) is 19.2. The van der Waals surface area contributed by atoms with Crippen molar-refractivity contribution in [3.8, 4) is 0 Å². The fourth-order valence-corrected chi connectivity index (χ4v) is 4.80. The smallest absolute Gasteiger partial charge is 0.255 e. The number of aromatic nitrogens is 2. The van der Waals surface area contributed by atoms with Gasteiger partial charge >= 0.3 is 0 Å². The van der Waals surface area contributed by atoms with E-state index >= 15 is 0 Å². The third-order valence-corrected chi connectivity index (χ3v) is 6.45. The van der Waals surface area contributed by atoms with Gasteiger partial charge in [0.25, 0.3) is 5.91 Å². The first-order chi connectivity index (χ1) is 11.6. The first kappa shape index (κ1) is 16.4. The van der Waals surface area contributed by atoms with Crippen molar-refractivity contribution < 1.29 is 9.90 Å². The summed E-state index contributed by atoms with van der Waals surface area (Å²) in [5, 5.41) is 15.2. The van der Waals surface area contributed by atoms with E-state index < -0.39 is 5.60 Å².